The number of esters is 1. The number of nitrogens with one attached hydrogen (secondary N) is 1. The summed E-state index contributed by atoms with van der Waals surface area (Å²) in [6, 6.07) is 15.0. The van der Waals surface area contributed by atoms with Crippen molar-refractivity contribution in [2.24, 2.45) is 5.92 Å². The van der Waals surface area contributed by atoms with Gasteiger partial charge in [0.25, 0.3) is 0 Å². The first-order chi connectivity index (χ1) is 17.3. The molecule has 1 unspecified atom stereocenters. The van der Waals surface area contributed by atoms with E-state index >= 15 is 0 Å². The third-order valence-corrected chi connectivity index (χ3v) is 5.80. The lowest BCUT2D eigenvalue weighted by molar-refractivity contribution is -0.145. The smallest absolute Gasteiger partial charge is 0.354 e. The highest BCUT2D eigenvalue weighted by Crippen LogP contribution is 2.19. The van der Waals surface area contributed by atoms with Crippen LogP contribution in [0.25, 0.3) is 0 Å². The van der Waals surface area contributed by atoms with Gasteiger partial charge in [0.05, 0.1) is 26.2 Å². The quantitative estimate of drug-likeness (QED) is 0.301. The van der Waals surface area contributed by atoms with E-state index in [-0.39, 0.29) is 19.0 Å². The molecule has 0 aliphatic heterocycles. The summed E-state index contributed by atoms with van der Waals surface area (Å²) in [6.07, 6.45) is 3.24. The Hall–Kier alpha value is -3.88. The van der Waals surface area contributed by atoms with Crippen LogP contribution in [-0.4, -0.2) is 33.8 Å². The fourth-order valence-electron chi connectivity index (χ4n) is 3.65. The highest BCUT2D eigenvalue weighted by molar-refractivity contribution is 5.71. The molecule has 1 N–H and O–H groups in total. The summed E-state index contributed by atoms with van der Waals surface area (Å²) in [5, 5.41) is 3.10. The van der Waals surface area contributed by atoms with Crippen LogP contribution in [0.3, 0.4) is 0 Å². The summed E-state index contributed by atoms with van der Waals surface area (Å²) in [6.45, 7) is 6.44. The zero-order chi connectivity index (χ0) is 26.1. The molecule has 0 aliphatic rings. The number of carbonyl (C=O) groups excluding carboxylic acids is 1. The summed E-state index contributed by atoms with van der Waals surface area (Å²) in [7, 11) is 1.27. The molecule has 0 amide bonds. The van der Waals surface area contributed by atoms with Crippen LogP contribution in [0, 0.1) is 12.8 Å². The number of hydrogen-bond acceptors (Lipinski definition) is 7. The average Bonchev–Trinajstić information content (AvgIpc) is 2.88. The molecule has 9 nitrogen and oxygen atoms in total. The summed E-state index contributed by atoms with van der Waals surface area (Å²) in [5.41, 5.74) is 1.31. The molecule has 0 saturated carbocycles. The van der Waals surface area contributed by atoms with Gasteiger partial charge in [-0.15, -0.1) is 0 Å². The predicted octanol–water partition coefficient (Wildman–Crippen LogP) is 3.88. The van der Waals surface area contributed by atoms with Crippen molar-refractivity contribution in [3.05, 3.63) is 80.6 Å². The van der Waals surface area contributed by atoms with Gasteiger partial charge in [0.1, 0.15) is 5.75 Å². The Morgan fingerprint density at radius 2 is 1.72 bits per heavy atom. The Labute approximate surface area is 210 Å². The van der Waals surface area contributed by atoms with E-state index in [2.05, 4.69) is 17.2 Å². The van der Waals surface area contributed by atoms with Gasteiger partial charge in [-0.05, 0) is 43.2 Å². The number of hydrogen-bond donors (Lipinski definition) is 1. The SMILES string of the molecule is CCCCCOc1ccc(Nc2nc(=O)n(CC(C)C(=O)OC)c(=O)n2Cc2ccc(C)cc2)cc1. The van der Waals surface area contributed by atoms with Crippen LogP contribution >= 0.6 is 0 Å². The second kappa shape index (κ2) is 12.7. The molecule has 0 saturated heterocycles. The van der Waals surface area contributed by atoms with Gasteiger partial charge in [0, 0.05) is 12.2 Å². The Morgan fingerprint density at radius 3 is 2.36 bits per heavy atom. The van der Waals surface area contributed by atoms with E-state index in [0.717, 1.165) is 40.7 Å². The molecular weight excluding hydrogens is 460 g/mol. The number of anilines is 2. The largest absolute Gasteiger partial charge is 0.494 e. The van der Waals surface area contributed by atoms with Crippen LogP contribution in [-0.2, 0) is 22.6 Å². The van der Waals surface area contributed by atoms with Crippen LogP contribution in [0.4, 0.5) is 11.6 Å². The number of nitrogens with zero attached hydrogens (tertiary/aromatic N) is 3. The number of methoxy groups -OCH3 is 1. The highest BCUT2D eigenvalue weighted by atomic mass is 16.5. The molecular formula is C27H34N4O5. The van der Waals surface area contributed by atoms with Crippen molar-refractivity contribution in [2.45, 2.75) is 53.1 Å². The summed E-state index contributed by atoms with van der Waals surface area (Å²) >= 11 is 0. The second-order valence-electron chi connectivity index (χ2n) is 8.81. The minimum atomic E-state index is -0.741. The van der Waals surface area contributed by atoms with E-state index in [1.54, 1.807) is 6.92 Å². The summed E-state index contributed by atoms with van der Waals surface area (Å²) in [5.74, 6) is -0.331. The zero-order valence-electron chi connectivity index (χ0n) is 21.3. The lowest BCUT2D eigenvalue weighted by atomic mass is 10.1. The average molecular weight is 495 g/mol. The van der Waals surface area contributed by atoms with Crippen molar-refractivity contribution in [1.82, 2.24) is 14.1 Å². The van der Waals surface area contributed by atoms with Crippen LogP contribution in [0.2, 0.25) is 0 Å². The zero-order valence-corrected chi connectivity index (χ0v) is 21.3. The van der Waals surface area contributed by atoms with E-state index in [9.17, 15) is 14.4 Å². The van der Waals surface area contributed by atoms with Crippen LogP contribution in [0.15, 0.2) is 58.1 Å². The van der Waals surface area contributed by atoms with Crippen LogP contribution < -0.4 is 21.4 Å². The number of ether oxygens (including phenoxy) is 2. The Morgan fingerprint density at radius 1 is 1.03 bits per heavy atom. The molecule has 2 aromatic carbocycles. The molecule has 0 fully saturated rings. The van der Waals surface area contributed by atoms with Gasteiger partial charge in [-0.2, -0.15) is 4.98 Å². The summed E-state index contributed by atoms with van der Waals surface area (Å²) in [4.78, 5) is 42.3. The Kier molecular flexibility index (Phi) is 9.44. The Balaban J connectivity index is 1.92. The van der Waals surface area contributed by atoms with Gasteiger partial charge in [-0.1, -0.05) is 56.5 Å². The molecule has 3 aromatic rings. The molecule has 1 aromatic heterocycles. The van der Waals surface area contributed by atoms with Crippen molar-refractivity contribution in [1.29, 1.82) is 0 Å². The third kappa shape index (κ3) is 7.07. The molecule has 192 valence electrons. The number of aryl methyl sites for hydroxylation is 1. The first-order valence-electron chi connectivity index (χ1n) is 12.2. The van der Waals surface area contributed by atoms with Gasteiger partial charge >= 0.3 is 17.3 Å². The maximum Gasteiger partial charge on any atom is 0.354 e. The van der Waals surface area contributed by atoms with Crippen LogP contribution in [0.5, 0.6) is 5.75 Å². The molecule has 1 atom stereocenters. The monoisotopic (exact) mass is 494 g/mol. The van der Waals surface area contributed by atoms with E-state index in [1.807, 2.05) is 55.5 Å². The second-order valence-corrected chi connectivity index (χ2v) is 8.81. The molecule has 1 heterocycles. The van der Waals surface area contributed by atoms with Crippen LogP contribution in [0.1, 0.15) is 44.2 Å². The third-order valence-electron chi connectivity index (χ3n) is 5.80. The maximum absolute atomic E-state index is 13.4. The Bertz CT molecular complexity index is 1260. The topological polar surface area (TPSA) is 104 Å². The number of unbranched alkanes of at least 4 members (excludes halogenated alkanes) is 2. The van der Waals surface area contributed by atoms with Gasteiger partial charge in [-0.25, -0.2) is 14.2 Å². The van der Waals surface area contributed by atoms with Gasteiger partial charge in [0.2, 0.25) is 5.95 Å². The number of aromatic nitrogens is 3. The normalized spacial score (nSPS) is 11.7. The molecule has 3 rings (SSSR count). The first-order valence-corrected chi connectivity index (χ1v) is 12.2. The number of carbonyl (C=O) groups is 1. The standard InChI is InChI=1S/C27H34N4O5/c1-5-6-7-16-36-23-14-12-22(13-15-23)28-25-29-26(33)31(17-20(3)24(32)35-4)27(34)30(25)18-21-10-8-19(2)9-11-21/h8-15,20H,5-7,16-18H2,1-4H3,(H,28,29,33). The minimum absolute atomic E-state index is 0.115. The van der Waals surface area contributed by atoms with Crippen molar-refractivity contribution in [3.63, 3.8) is 0 Å². The molecule has 0 radical (unpaired) electrons. The molecule has 0 aliphatic carbocycles. The van der Waals surface area contributed by atoms with Gasteiger partial charge in [-0.3, -0.25) is 9.36 Å². The van der Waals surface area contributed by atoms with E-state index in [1.165, 1.54) is 11.7 Å². The first kappa shape index (κ1) is 26.7. The van der Waals surface area contributed by atoms with E-state index in [0.29, 0.717) is 12.3 Å². The molecule has 9 heteroatoms. The van der Waals surface area contributed by atoms with E-state index in [4.69, 9.17) is 9.47 Å². The fourth-order valence-corrected chi connectivity index (χ4v) is 3.65. The van der Waals surface area contributed by atoms with E-state index < -0.39 is 23.3 Å². The number of rotatable bonds is 12. The van der Waals surface area contributed by atoms with Crippen molar-refractivity contribution in [2.75, 3.05) is 19.0 Å². The van der Waals surface area contributed by atoms with Gasteiger partial charge in [0.15, 0.2) is 0 Å². The molecule has 0 bridgehead atoms. The summed E-state index contributed by atoms with van der Waals surface area (Å²) < 4.78 is 12.9. The van der Waals surface area contributed by atoms with Crippen molar-refractivity contribution < 1.29 is 14.3 Å². The predicted molar refractivity (Wildman–Crippen MR) is 139 cm³/mol. The highest BCUT2D eigenvalue weighted by Gasteiger charge is 2.20. The van der Waals surface area contributed by atoms with Gasteiger partial charge < -0.3 is 14.8 Å². The lowest BCUT2D eigenvalue weighted by Crippen LogP contribution is -2.44. The molecule has 0 spiro atoms. The lowest BCUT2D eigenvalue weighted by Gasteiger charge is -2.17. The van der Waals surface area contributed by atoms with Crippen molar-refractivity contribution >= 4 is 17.6 Å². The van der Waals surface area contributed by atoms with Crippen molar-refractivity contribution in [3.8, 4) is 5.75 Å². The molecule has 36 heavy (non-hydrogen) atoms. The number of benzene rings is 2. The maximum atomic E-state index is 13.4. The minimum Gasteiger partial charge on any atom is -0.494 e. The fraction of sp³-hybridized carbons (Fsp3) is 0.407.